The van der Waals surface area contributed by atoms with Gasteiger partial charge < -0.3 is 15.4 Å². The molecule has 0 radical (unpaired) electrons. The standard InChI is InChI=1S/C12H23N3O2/c1-10(13)11-8-14(6-7-17-11)9-12(16)15-4-2-3-5-15/h10-11H,2-9,13H2,1H3. The summed E-state index contributed by atoms with van der Waals surface area (Å²) in [6.07, 6.45) is 2.37. The topological polar surface area (TPSA) is 58.8 Å². The smallest absolute Gasteiger partial charge is 0.236 e. The number of hydrogen-bond acceptors (Lipinski definition) is 4. The predicted molar refractivity (Wildman–Crippen MR) is 65.6 cm³/mol. The second-order valence-corrected chi connectivity index (χ2v) is 5.09. The molecule has 0 aromatic rings. The average Bonchev–Trinajstić information content (AvgIpc) is 2.82. The molecule has 2 aliphatic rings. The summed E-state index contributed by atoms with van der Waals surface area (Å²) in [5.74, 6) is 0.257. The average molecular weight is 241 g/mol. The van der Waals surface area contributed by atoms with Crippen LogP contribution in [0, 0.1) is 0 Å². The normalized spacial score (nSPS) is 28.4. The zero-order chi connectivity index (χ0) is 12.3. The second kappa shape index (κ2) is 5.80. The van der Waals surface area contributed by atoms with Gasteiger partial charge in [0.15, 0.2) is 0 Å². The summed E-state index contributed by atoms with van der Waals surface area (Å²) in [6, 6.07) is 0.0275. The van der Waals surface area contributed by atoms with E-state index in [2.05, 4.69) is 4.90 Å². The SMILES string of the molecule is CC(N)C1CN(CC(=O)N2CCCC2)CCO1. The highest BCUT2D eigenvalue weighted by molar-refractivity contribution is 5.78. The number of nitrogens with zero attached hydrogens (tertiary/aromatic N) is 2. The minimum absolute atomic E-state index is 0.0275. The number of carbonyl (C=O) groups is 1. The van der Waals surface area contributed by atoms with Crippen molar-refractivity contribution in [1.82, 2.24) is 9.80 Å². The van der Waals surface area contributed by atoms with Crippen molar-refractivity contribution >= 4 is 5.91 Å². The summed E-state index contributed by atoms with van der Waals surface area (Å²) in [6.45, 7) is 6.63. The molecule has 0 aromatic heterocycles. The highest BCUT2D eigenvalue weighted by Gasteiger charge is 2.26. The minimum atomic E-state index is 0.0275. The molecule has 2 heterocycles. The van der Waals surface area contributed by atoms with Gasteiger partial charge >= 0.3 is 0 Å². The van der Waals surface area contributed by atoms with E-state index in [1.54, 1.807) is 0 Å². The number of amides is 1. The summed E-state index contributed by atoms with van der Waals surface area (Å²) in [5, 5.41) is 0. The fourth-order valence-corrected chi connectivity index (χ4v) is 2.45. The zero-order valence-electron chi connectivity index (χ0n) is 10.6. The van der Waals surface area contributed by atoms with Crippen LogP contribution < -0.4 is 5.73 Å². The van der Waals surface area contributed by atoms with E-state index < -0.39 is 0 Å². The Labute approximate surface area is 103 Å². The maximum absolute atomic E-state index is 12.0. The predicted octanol–water partition coefficient (Wildman–Crippen LogP) is -0.343. The number of rotatable bonds is 3. The van der Waals surface area contributed by atoms with Crippen LogP contribution >= 0.6 is 0 Å². The van der Waals surface area contributed by atoms with E-state index in [1.807, 2.05) is 11.8 Å². The number of carbonyl (C=O) groups excluding carboxylic acids is 1. The zero-order valence-corrected chi connectivity index (χ0v) is 10.6. The third-order valence-electron chi connectivity index (χ3n) is 3.58. The molecule has 2 N–H and O–H groups in total. The summed E-state index contributed by atoms with van der Waals surface area (Å²) in [5.41, 5.74) is 5.84. The van der Waals surface area contributed by atoms with Crippen molar-refractivity contribution in [1.29, 1.82) is 0 Å². The first-order valence-corrected chi connectivity index (χ1v) is 6.54. The van der Waals surface area contributed by atoms with Crippen molar-refractivity contribution in [2.24, 2.45) is 5.73 Å². The van der Waals surface area contributed by atoms with E-state index in [0.717, 1.165) is 39.0 Å². The third-order valence-corrected chi connectivity index (χ3v) is 3.58. The molecule has 1 amide bonds. The molecule has 2 fully saturated rings. The van der Waals surface area contributed by atoms with E-state index in [1.165, 1.54) is 0 Å². The van der Waals surface area contributed by atoms with Crippen LogP contribution in [-0.4, -0.2) is 67.2 Å². The monoisotopic (exact) mass is 241 g/mol. The largest absolute Gasteiger partial charge is 0.374 e. The van der Waals surface area contributed by atoms with E-state index in [4.69, 9.17) is 10.5 Å². The van der Waals surface area contributed by atoms with Crippen molar-refractivity contribution in [3.05, 3.63) is 0 Å². The highest BCUT2D eigenvalue weighted by atomic mass is 16.5. The van der Waals surface area contributed by atoms with Gasteiger partial charge in [0.1, 0.15) is 0 Å². The third kappa shape index (κ3) is 3.40. The lowest BCUT2D eigenvalue weighted by Crippen LogP contribution is -2.52. The van der Waals surface area contributed by atoms with E-state index in [9.17, 15) is 4.79 Å². The first kappa shape index (κ1) is 12.8. The Hall–Kier alpha value is -0.650. The molecule has 2 aliphatic heterocycles. The number of nitrogens with two attached hydrogens (primary N) is 1. The van der Waals surface area contributed by atoms with Gasteiger partial charge in [-0.2, -0.15) is 0 Å². The van der Waals surface area contributed by atoms with Crippen molar-refractivity contribution in [3.63, 3.8) is 0 Å². The molecule has 0 bridgehead atoms. The van der Waals surface area contributed by atoms with Gasteiger partial charge in [-0.1, -0.05) is 0 Å². The van der Waals surface area contributed by atoms with Crippen molar-refractivity contribution in [2.75, 3.05) is 39.3 Å². The van der Waals surface area contributed by atoms with Gasteiger partial charge in [0.2, 0.25) is 5.91 Å². The Morgan fingerprint density at radius 1 is 1.41 bits per heavy atom. The van der Waals surface area contributed by atoms with E-state index in [-0.39, 0.29) is 18.1 Å². The molecule has 98 valence electrons. The van der Waals surface area contributed by atoms with Gasteiger partial charge in [-0.3, -0.25) is 9.69 Å². The second-order valence-electron chi connectivity index (χ2n) is 5.09. The molecule has 17 heavy (non-hydrogen) atoms. The Kier molecular flexibility index (Phi) is 4.36. The van der Waals surface area contributed by atoms with Gasteiger partial charge in [-0.15, -0.1) is 0 Å². The van der Waals surface area contributed by atoms with Crippen LogP contribution in [0.1, 0.15) is 19.8 Å². The van der Waals surface area contributed by atoms with Crippen LogP contribution in [0.2, 0.25) is 0 Å². The van der Waals surface area contributed by atoms with Crippen molar-refractivity contribution in [2.45, 2.75) is 31.9 Å². The van der Waals surface area contributed by atoms with Gasteiger partial charge in [0.05, 0.1) is 19.3 Å². The molecule has 2 atom stereocenters. The quantitative estimate of drug-likeness (QED) is 0.734. The maximum atomic E-state index is 12.0. The Morgan fingerprint density at radius 3 is 2.76 bits per heavy atom. The summed E-state index contributed by atoms with van der Waals surface area (Å²) < 4.78 is 5.59. The van der Waals surface area contributed by atoms with Crippen LogP contribution in [-0.2, 0) is 9.53 Å². The molecule has 0 saturated carbocycles. The number of ether oxygens (including phenoxy) is 1. The first-order valence-electron chi connectivity index (χ1n) is 6.54. The summed E-state index contributed by atoms with van der Waals surface area (Å²) in [4.78, 5) is 16.1. The lowest BCUT2D eigenvalue weighted by Gasteiger charge is -2.35. The first-order chi connectivity index (χ1) is 8.16. The Bertz CT molecular complexity index is 264. The van der Waals surface area contributed by atoms with E-state index >= 15 is 0 Å². The van der Waals surface area contributed by atoms with Crippen molar-refractivity contribution < 1.29 is 9.53 Å². The molecule has 2 rings (SSSR count). The molecule has 0 aliphatic carbocycles. The van der Waals surface area contributed by atoms with Gasteiger partial charge in [-0.05, 0) is 19.8 Å². The Morgan fingerprint density at radius 2 is 2.12 bits per heavy atom. The number of morpholine rings is 1. The fraction of sp³-hybridized carbons (Fsp3) is 0.917. The molecule has 2 saturated heterocycles. The lowest BCUT2D eigenvalue weighted by molar-refractivity contribution is -0.133. The molecule has 5 heteroatoms. The number of hydrogen-bond donors (Lipinski definition) is 1. The minimum Gasteiger partial charge on any atom is -0.374 e. The molecular weight excluding hydrogens is 218 g/mol. The highest BCUT2D eigenvalue weighted by Crippen LogP contribution is 2.11. The molecule has 0 spiro atoms. The fourth-order valence-electron chi connectivity index (χ4n) is 2.45. The van der Waals surface area contributed by atoms with Gasteiger partial charge in [-0.25, -0.2) is 0 Å². The van der Waals surface area contributed by atoms with Crippen molar-refractivity contribution in [3.8, 4) is 0 Å². The summed E-state index contributed by atoms with van der Waals surface area (Å²) in [7, 11) is 0. The van der Waals surface area contributed by atoms with Crippen LogP contribution in [0.4, 0.5) is 0 Å². The molecular formula is C12H23N3O2. The Balaban J connectivity index is 1.79. The van der Waals surface area contributed by atoms with Gasteiger partial charge in [0, 0.05) is 32.2 Å². The summed E-state index contributed by atoms with van der Waals surface area (Å²) >= 11 is 0. The van der Waals surface area contributed by atoms with E-state index in [0.29, 0.717) is 13.2 Å². The molecule has 5 nitrogen and oxygen atoms in total. The maximum Gasteiger partial charge on any atom is 0.236 e. The lowest BCUT2D eigenvalue weighted by atomic mass is 10.1. The van der Waals surface area contributed by atoms with Crippen LogP contribution in [0.15, 0.2) is 0 Å². The van der Waals surface area contributed by atoms with Crippen LogP contribution in [0.3, 0.4) is 0 Å². The van der Waals surface area contributed by atoms with Crippen LogP contribution in [0.25, 0.3) is 0 Å². The molecule has 0 aromatic carbocycles. The van der Waals surface area contributed by atoms with Crippen LogP contribution in [0.5, 0.6) is 0 Å². The molecule has 2 unspecified atom stereocenters. The number of likely N-dealkylation sites (tertiary alicyclic amines) is 1. The van der Waals surface area contributed by atoms with Gasteiger partial charge in [0.25, 0.3) is 0 Å².